The van der Waals surface area contributed by atoms with Gasteiger partial charge in [0, 0.05) is 6.04 Å². The fourth-order valence-corrected chi connectivity index (χ4v) is 0.263. The molecule has 0 heterocycles. The molecule has 0 amide bonds. The third-order valence-electron chi connectivity index (χ3n) is 0.690. The van der Waals surface area contributed by atoms with E-state index in [4.69, 9.17) is 18.6 Å². The quantitative estimate of drug-likeness (QED) is 0.598. The lowest BCUT2D eigenvalue weighted by Crippen LogP contribution is -2.22. The zero-order chi connectivity index (χ0) is 16.3. The molecule has 0 aliphatic rings. The van der Waals surface area contributed by atoms with E-state index < -0.39 is 0 Å². The van der Waals surface area contributed by atoms with Crippen LogP contribution >= 0.6 is 15.9 Å². The number of hydrogen-bond donors (Lipinski definition) is 2. The van der Waals surface area contributed by atoms with Crippen molar-refractivity contribution in [1.82, 2.24) is 5.32 Å². The van der Waals surface area contributed by atoms with Gasteiger partial charge in [-0.05, 0) is 25.8 Å². The number of nitrogens with two attached hydrogens (primary N) is 1. The maximum atomic E-state index is 5.11. The SMILES string of the molecule is C#CCBr.C#CCNC(C)C.CC(C)C.CC(C)N. The molecule has 0 aliphatic carbocycles. The number of hydrogen-bond acceptors (Lipinski definition) is 2. The monoisotopic (exact) mass is 332 g/mol. The molecule has 0 saturated carbocycles. The third kappa shape index (κ3) is 207. The van der Waals surface area contributed by atoms with Gasteiger partial charge in [0.1, 0.15) is 0 Å². The van der Waals surface area contributed by atoms with Crippen molar-refractivity contribution < 1.29 is 0 Å². The summed E-state index contributed by atoms with van der Waals surface area (Å²) in [5.74, 6) is 5.67. The smallest absolute Gasteiger partial charge is 0.0642 e. The van der Waals surface area contributed by atoms with Crippen LogP contribution in [0.2, 0.25) is 0 Å². The van der Waals surface area contributed by atoms with Crippen molar-refractivity contribution >= 4 is 15.9 Å². The second-order valence-corrected chi connectivity index (χ2v) is 5.61. The van der Waals surface area contributed by atoms with Gasteiger partial charge in [-0.25, -0.2) is 0 Å². The van der Waals surface area contributed by atoms with Crippen LogP contribution < -0.4 is 11.1 Å². The minimum atomic E-state index is 0.333. The molecule has 0 aromatic carbocycles. The highest BCUT2D eigenvalue weighted by Crippen LogP contribution is 1.81. The molecule has 0 unspecified atom stereocenters. The molecule has 3 heteroatoms. The average molecular weight is 333 g/mol. The van der Waals surface area contributed by atoms with Crippen LogP contribution in [0.15, 0.2) is 0 Å². The number of nitrogens with one attached hydrogen (secondary N) is 1. The van der Waals surface area contributed by atoms with E-state index in [2.05, 4.69) is 67.7 Å². The Bertz CT molecular complexity index is 198. The van der Waals surface area contributed by atoms with Gasteiger partial charge in [-0.2, -0.15) is 0 Å². The Morgan fingerprint density at radius 2 is 1.26 bits per heavy atom. The van der Waals surface area contributed by atoms with Gasteiger partial charge in [0.2, 0.25) is 0 Å². The average Bonchev–Trinajstić information content (AvgIpc) is 2.25. The minimum absolute atomic E-state index is 0.333. The lowest BCUT2D eigenvalue weighted by molar-refractivity contribution is 0.639. The van der Waals surface area contributed by atoms with Crippen LogP contribution in [0.25, 0.3) is 0 Å². The van der Waals surface area contributed by atoms with E-state index in [-0.39, 0.29) is 0 Å². The van der Waals surface area contributed by atoms with Crippen LogP contribution in [0.1, 0.15) is 48.5 Å². The summed E-state index contributed by atoms with van der Waals surface area (Å²) in [7, 11) is 0. The predicted octanol–water partition coefficient (Wildman–Crippen LogP) is 3.65. The van der Waals surface area contributed by atoms with Gasteiger partial charge < -0.3 is 11.1 Å². The first-order valence-corrected chi connectivity index (χ1v) is 7.69. The van der Waals surface area contributed by atoms with Gasteiger partial charge in [-0.15, -0.1) is 12.8 Å². The molecule has 0 aromatic heterocycles. The maximum Gasteiger partial charge on any atom is 0.0642 e. The summed E-state index contributed by atoms with van der Waals surface area (Å²) in [6, 6.07) is 0.844. The molecule has 114 valence electrons. The van der Waals surface area contributed by atoms with Crippen molar-refractivity contribution in [2.45, 2.75) is 60.5 Å². The van der Waals surface area contributed by atoms with Crippen LogP contribution in [0.3, 0.4) is 0 Å². The molecule has 0 fully saturated rings. The molecule has 0 radical (unpaired) electrons. The molecule has 2 nitrogen and oxygen atoms in total. The second kappa shape index (κ2) is 26.2. The largest absolute Gasteiger partial charge is 0.328 e. The molecule has 3 N–H and O–H groups in total. The molecule has 0 spiro atoms. The first-order chi connectivity index (χ1) is 8.65. The summed E-state index contributed by atoms with van der Waals surface area (Å²) >= 11 is 3.01. The summed E-state index contributed by atoms with van der Waals surface area (Å²) in [5, 5.41) is 3.72. The van der Waals surface area contributed by atoms with Gasteiger partial charge in [-0.3, -0.25) is 0 Å². The maximum absolute atomic E-state index is 5.11. The zero-order valence-electron chi connectivity index (χ0n) is 13.8. The van der Waals surface area contributed by atoms with Crippen molar-refractivity contribution in [3.8, 4) is 24.7 Å². The Labute approximate surface area is 130 Å². The van der Waals surface area contributed by atoms with Gasteiger partial charge in [0.15, 0.2) is 0 Å². The van der Waals surface area contributed by atoms with E-state index in [0.717, 1.165) is 5.92 Å². The topological polar surface area (TPSA) is 38.0 Å². The molecule has 0 bridgehead atoms. The van der Waals surface area contributed by atoms with Gasteiger partial charge >= 0.3 is 0 Å². The Morgan fingerprint density at radius 1 is 1.00 bits per heavy atom. The summed E-state index contributed by atoms with van der Waals surface area (Å²) in [6.07, 6.45) is 9.70. The van der Waals surface area contributed by atoms with Crippen molar-refractivity contribution in [2.75, 3.05) is 11.9 Å². The molecule has 0 aromatic rings. The third-order valence-corrected chi connectivity index (χ3v) is 1.01. The zero-order valence-corrected chi connectivity index (χ0v) is 15.3. The van der Waals surface area contributed by atoms with E-state index in [1.807, 2.05) is 13.8 Å². The van der Waals surface area contributed by atoms with E-state index in [1.165, 1.54) is 0 Å². The lowest BCUT2D eigenvalue weighted by atomic mass is 10.3. The number of halogens is 1. The molecule has 0 aliphatic heterocycles. The fraction of sp³-hybridized carbons (Fsp3) is 0.750. The molecule has 19 heavy (non-hydrogen) atoms. The van der Waals surface area contributed by atoms with E-state index in [9.17, 15) is 0 Å². The van der Waals surface area contributed by atoms with Crippen LogP contribution in [0.5, 0.6) is 0 Å². The number of rotatable bonds is 2. The second-order valence-electron chi connectivity index (χ2n) is 5.05. The molecule has 0 rings (SSSR count). The van der Waals surface area contributed by atoms with Crippen molar-refractivity contribution in [3.05, 3.63) is 0 Å². The Morgan fingerprint density at radius 3 is 1.32 bits per heavy atom. The van der Waals surface area contributed by atoms with Crippen LogP contribution in [0, 0.1) is 30.6 Å². The molecule has 0 atom stereocenters. The molecular formula is C16H33BrN2. The minimum Gasteiger partial charge on any atom is -0.328 e. The van der Waals surface area contributed by atoms with Gasteiger partial charge in [0.25, 0.3) is 0 Å². The van der Waals surface area contributed by atoms with Gasteiger partial charge in [-0.1, -0.05) is 62.4 Å². The fourth-order valence-electron chi connectivity index (χ4n) is 0.263. The van der Waals surface area contributed by atoms with Crippen molar-refractivity contribution in [2.24, 2.45) is 11.7 Å². The van der Waals surface area contributed by atoms with Crippen molar-refractivity contribution in [3.63, 3.8) is 0 Å². The predicted molar refractivity (Wildman–Crippen MR) is 94.4 cm³/mol. The first-order valence-electron chi connectivity index (χ1n) is 6.57. The summed E-state index contributed by atoms with van der Waals surface area (Å²) in [6.45, 7) is 15.2. The van der Waals surface area contributed by atoms with Crippen LogP contribution in [0.4, 0.5) is 0 Å². The summed E-state index contributed by atoms with van der Waals surface area (Å²) < 4.78 is 0. The molecule has 0 saturated heterocycles. The standard InChI is InChI=1S/C6H11N.C4H10.C3H3Br.C3H9N/c1-4-5-7-6(2)3;1-4(2)3;1-2-3-4;1-3(2)4/h1,6-7H,5H2,2-3H3;4H,1-3H3;1H,3H2;3H,4H2,1-2H3. The van der Waals surface area contributed by atoms with Crippen LogP contribution in [-0.4, -0.2) is 24.0 Å². The first kappa shape index (κ1) is 27.0. The van der Waals surface area contributed by atoms with Gasteiger partial charge in [0.05, 0.1) is 11.9 Å². The normalized spacial score (nSPS) is 8.11. The van der Waals surface area contributed by atoms with Crippen molar-refractivity contribution in [1.29, 1.82) is 0 Å². The summed E-state index contributed by atoms with van der Waals surface area (Å²) in [4.78, 5) is 0. The van der Waals surface area contributed by atoms with E-state index >= 15 is 0 Å². The Balaban J connectivity index is -0.0000000825. The van der Waals surface area contributed by atoms with Crippen LogP contribution in [-0.2, 0) is 0 Å². The summed E-state index contributed by atoms with van der Waals surface area (Å²) in [5.41, 5.74) is 5.11. The lowest BCUT2D eigenvalue weighted by Gasteiger charge is -2.00. The highest BCUT2D eigenvalue weighted by atomic mass is 79.9. The highest BCUT2D eigenvalue weighted by molar-refractivity contribution is 9.09. The number of terminal acetylenes is 2. The Kier molecular flexibility index (Phi) is 37.1. The Hall–Kier alpha value is -0.480. The highest BCUT2D eigenvalue weighted by Gasteiger charge is 1.83. The number of alkyl halides is 1. The molecular weight excluding hydrogens is 300 g/mol. The van der Waals surface area contributed by atoms with E-state index in [1.54, 1.807) is 0 Å². The van der Waals surface area contributed by atoms with E-state index in [0.29, 0.717) is 24.0 Å².